The first-order chi connectivity index (χ1) is 8.33. The van der Waals surface area contributed by atoms with Gasteiger partial charge in [-0.25, -0.2) is 0 Å². The summed E-state index contributed by atoms with van der Waals surface area (Å²) < 4.78 is 0. The third-order valence-corrected chi connectivity index (χ3v) is 4.11. The van der Waals surface area contributed by atoms with Crippen molar-refractivity contribution < 1.29 is 0 Å². The first-order valence-electron chi connectivity index (χ1n) is 6.71. The van der Waals surface area contributed by atoms with Gasteiger partial charge in [0.2, 0.25) is 0 Å². The molecule has 2 fully saturated rings. The second-order valence-corrected chi connectivity index (χ2v) is 5.39. The van der Waals surface area contributed by atoms with Crippen LogP contribution in [0.1, 0.15) is 30.4 Å². The molecule has 2 unspecified atom stereocenters. The fourth-order valence-electron chi connectivity index (χ4n) is 3.28. The maximum atomic E-state index is 4.25. The highest BCUT2D eigenvalue weighted by atomic mass is 15.2. The number of pyridine rings is 1. The van der Waals surface area contributed by atoms with Gasteiger partial charge in [0.05, 0.1) is 0 Å². The predicted octanol–water partition coefficient (Wildman–Crippen LogP) is 1.72. The molecule has 0 aromatic carbocycles. The highest BCUT2D eigenvalue weighted by Crippen LogP contribution is 2.27. The molecule has 3 heteroatoms. The number of aryl methyl sites for hydroxylation is 1. The van der Waals surface area contributed by atoms with Gasteiger partial charge in [0.1, 0.15) is 0 Å². The Kier molecular flexibility index (Phi) is 3.12. The molecule has 2 aliphatic rings. The normalized spacial score (nSPS) is 28.5. The minimum absolute atomic E-state index is 0.693. The zero-order chi connectivity index (χ0) is 11.7. The lowest BCUT2D eigenvalue weighted by Gasteiger charge is -2.21. The van der Waals surface area contributed by atoms with Gasteiger partial charge in [0.15, 0.2) is 0 Å². The van der Waals surface area contributed by atoms with E-state index in [4.69, 9.17) is 0 Å². The Morgan fingerprint density at radius 3 is 3.18 bits per heavy atom. The summed E-state index contributed by atoms with van der Waals surface area (Å²) >= 11 is 0. The van der Waals surface area contributed by atoms with Crippen LogP contribution in [0.3, 0.4) is 0 Å². The smallest absolute Gasteiger partial charge is 0.0313 e. The van der Waals surface area contributed by atoms with E-state index in [9.17, 15) is 0 Å². The van der Waals surface area contributed by atoms with Gasteiger partial charge in [-0.05, 0) is 43.9 Å². The molecule has 0 aliphatic carbocycles. The van der Waals surface area contributed by atoms with Crippen LogP contribution in [0.2, 0.25) is 0 Å². The molecule has 3 heterocycles. The maximum Gasteiger partial charge on any atom is 0.0313 e. The minimum Gasteiger partial charge on any atom is -0.308 e. The number of hydrogen-bond acceptors (Lipinski definition) is 3. The summed E-state index contributed by atoms with van der Waals surface area (Å²) in [6, 6.07) is 3.72. The molecule has 0 radical (unpaired) electrons. The summed E-state index contributed by atoms with van der Waals surface area (Å²) in [7, 11) is 0. The van der Waals surface area contributed by atoms with Crippen LogP contribution >= 0.6 is 0 Å². The molecule has 0 amide bonds. The lowest BCUT2D eigenvalue weighted by molar-refractivity contribution is 0.298. The quantitative estimate of drug-likeness (QED) is 0.858. The van der Waals surface area contributed by atoms with Crippen LogP contribution in [-0.2, 0) is 6.54 Å². The van der Waals surface area contributed by atoms with Crippen molar-refractivity contribution in [1.82, 2.24) is 15.2 Å². The van der Waals surface area contributed by atoms with Gasteiger partial charge >= 0.3 is 0 Å². The zero-order valence-electron chi connectivity index (χ0n) is 10.5. The Morgan fingerprint density at radius 2 is 2.29 bits per heavy atom. The SMILES string of the molecule is Cc1cncc(CNC2CCN3CCCC23)c1. The standard InChI is InChI=1S/C14H21N3/c1-11-7-12(9-15-8-11)10-16-13-4-6-17-5-2-3-14(13)17/h7-9,13-14,16H,2-6,10H2,1H3. The van der Waals surface area contributed by atoms with Gasteiger partial charge in [-0.2, -0.15) is 0 Å². The molecule has 17 heavy (non-hydrogen) atoms. The highest BCUT2D eigenvalue weighted by molar-refractivity contribution is 5.16. The molecule has 2 saturated heterocycles. The van der Waals surface area contributed by atoms with Crippen LogP contribution in [0.25, 0.3) is 0 Å². The Hall–Kier alpha value is -0.930. The van der Waals surface area contributed by atoms with Gasteiger partial charge in [-0.1, -0.05) is 6.07 Å². The van der Waals surface area contributed by atoms with Crippen molar-refractivity contribution in [2.24, 2.45) is 0 Å². The Bertz CT molecular complexity index is 391. The number of hydrogen-bond donors (Lipinski definition) is 1. The van der Waals surface area contributed by atoms with Gasteiger partial charge in [0.25, 0.3) is 0 Å². The second kappa shape index (κ2) is 4.75. The first kappa shape index (κ1) is 11.2. The molecule has 0 saturated carbocycles. The number of rotatable bonds is 3. The molecule has 0 bridgehead atoms. The van der Waals surface area contributed by atoms with Crippen LogP contribution < -0.4 is 5.32 Å². The molecule has 1 aromatic heterocycles. The molecular formula is C14H21N3. The van der Waals surface area contributed by atoms with Gasteiger partial charge in [0, 0.05) is 37.6 Å². The summed E-state index contributed by atoms with van der Waals surface area (Å²) in [5, 5.41) is 3.71. The second-order valence-electron chi connectivity index (χ2n) is 5.39. The minimum atomic E-state index is 0.693. The summed E-state index contributed by atoms with van der Waals surface area (Å²) in [5.74, 6) is 0. The zero-order valence-corrected chi connectivity index (χ0v) is 10.5. The van der Waals surface area contributed by atoms with Crippen molar-refractivity contribution >= 4 is 0 Å². The fraction of sp³-hybridized carbons (Fsp3) is 0.643. The predicted molar refractivity (Wildman–Crippen MR) is 68.8 cm³/mol. The van der Waals surface area contributed by atoms with Crippen molar-refractivity contribution in [3.05, 3.63) is 29.6 Å². The van der Waals surface area contributed by atoms with Crippen LogP contribution in [0.5, 0.6) is 0 Å². The summed E-state index contributed by atoms with van der Waals surface area (Å²) in [4.78, 5) is 6.89. The maximum absolute atomic E-state index is 4.25. The van der Waals surface area contributed by atoms with E-state index in [1.807, 2.05) is 12.4 Å². The Balaban J connectivity index is 1.57. The topological polar surface area (TPSA) is 28.2 Å². The number of fused-ring (bicyclic) bond motifs is 1. The lowest BCUT2D eigenvalue weighted by Crippen LogP contribution is -2.38. The number of aromatic nitrogens is 1. The largest absolute Gasteiger partial charge is 0.308 e. The molecular weight excluding hydrogens is 210 g/mol. The molecule has 3 rings (SSSR count). The molecule has 92 valence electrons. The van der Waals surface area contributed by atoms with Crippen molar-refractivity contribution in [2.75, 3.05) is 13.1 Å². The summed E-state index contributed by atoms with van der Waals surface area (Å²) in [6.45, 7) is 5.66. The van der Waals surface area contributed by atoms with E-state index < -0.39 is 0 Å². The van der Waals surface area contributed by atoms with E-state index in [0.717, 1.165) is 12.6 Å². The Morgan fingerprint density at radius 1 is 1.35 bits per heavy atom. The van der Waals surface area contributed by atoms with E-state index in [0.29, 0.717) is 6.04 Å². The Labute approximate surface area is 103 Å². The van der Waals surface area contributed by atoms with Crippen LogP contribution in [0.4, 0.5) is 0 Å². The van der Waals surface area contributed by atoms with Gasteiger partial charge < -0.3 is 5.32 Å². The van der Waals surface area contributed by atoms with Crippen molar-refractivity contribution in [3.63, 3.8) is 0 Å². The number of nitrogens with one attached hydrogen (secondary N) is 1. The average Bonchev–Trinajstić information content (AvgIpc) is 2.89. The van der Waals surface area contributed by atoms with Crippen molar-refractivity contribution in [2.45, 2.75) is 44.8 Å². The molecule has 3 nitrogen and oxygen atoms in total. The van der Waals surface area contributed by atoms with Crippen LogP contribution in [0.15, 0.2) is 18.5 Å². The van der Waals surface area contributed by atoms with Crippen molar-refractivity contribution in [3.8, 4) is 0 Å². The molecule has 1 N–H and O–H groups in total. The first-order valence-corrected chi connectivity index (χ1v) is 6.71. The van der Waals surface area contributed by atoms with E-state index in [1.54, 1.807) is 0 Å². The molecule has 1 aromatic rings. The van der Waals surface area contributed by atoms with Crippen LogP contribution in [-0.4, -0.2) is 35.1 Å². The van der Waals surface area contributed by atoms with E-state index in [1.165, 1.54) is 43.5 Å². The molecule has 2 atom stereocenters. The van der Waals surface area contributed by atoms with Crippen LogP contribution in [0, 0.1) is 6.92 Å². The van der Waals surface area contributed by atoms with Crippen molar-refractivity contribution in [1.29, 1.82) is 0 Å². The highest BCUT2D eigenvalue weighted by Gasteiger charge is 2.36. The summed E-state index contributed by atoms with van der Waals surface area (Å²) in [6.07, 6.45) is 7.96. The lowest BCUT2D eigenvalue weighted by atomic mass is 10.1. The van der Waals surface area contributed by atoms with Gasteiger partial charge in [-0.15, -0.1) is 0 Å². The third kappa shape index (κ3) is 2.35. The summed E-state index contributed by atoms with van der Waals surface area (Å²) in [5.41, 5.74) is 2.56. The van der Waals surface area contributed by atoms with E-state index in [2.05, 4.69) is 28.2 Å². The third-order valence-electron chi connectivity index (χ3n) is 4.11. The van der Waals surface area contributed by atoms with E-state index >= 15 is 0 Å². The average molecular weight is 231 g/mol. The fourth-order valence-corrected chi connectivity index (χ4v) is 3.28. The number of nitrogens with zero attached hydrogens (tertiary/aromatic N) is 2. The molecule has 0 spiro atoms. The van der Waals surface area contributed by atoms with E-state index in [-0.39, 0.29) is 0 Å². The molecule has 2 aliphatic heterocycles. The van der Waals surface area contributed by atoms with Gasteiger partial charge in [-0.3, -0.25) is 9.88 Å². The monoisotopic (exact) mass is 231 g/mol.